The summed E-state index contributed by atoms with van der Waals surface area (Å²) < 4.78 is 13.9. The minimum absolute atomic E-state index is 0.0940. The van der Waals surface area contributed by atoms with Crippen LogP contribution in [0.4, 0.5) is 4.39 Å². The largest absolute Gasteiger partial charge is 0.384 e. The second kappa shape index (κ2) is 5.71. The molecule has 0 radical (unpaired) electrons. The number of rotatable bonds is 3. The van der Waals surface area contributed by atoms with Gasteiger partial charge >= 0.3 is 0 Å². The zero-order chi connectivity index (χ0) is 13.1. The first-order valence-electron chi connectivity index (χ1n) is 6.03. The molecule has 1 aromatic carbocycles. The Kier molecular flexibility index (Phi) is 4.24. The fourth-order valence-corrected chi connectivity index (χ4v) is 3.20. The van der Waals surface area contributed by atoms with Crippen LogP contribution in [0.5, 0.6) is 0 Å². The summed E-state index contributed by atoms with van der Waals surface area (Å²) in [5.41, 5.74) is 6.46. The summed E-state index contributed by atoms with van der Waals surface area (Å²) in [5.74, 6) is 0.742. The predicted octanol–water partition coefficient (Wildman–Crippen LogP) is 2.05. The van der Waals surface area contributed by atoms with Crippen molar-refractivity contribution in [2.24, 2.45) is 5.73 Å². The van der Waals surface area contributed by atoms with Gasteiger partial charge in [0.15, 0.2) is 0 Å². The number of nitrogen functional groups attached to an aromatic ring is 1. The van der Waals surface area contributed by atoms with Gasteiger partial charge in [-0.25, -0.2) is 4.39 Å². The van der Waals surface area contributed by atoms with E-state index in [1.807, 2.05) is 11.8 Å². The van der Waals surface area contributed by atoms with E-state index in [-0.39, 0.29) is 11.7 Å². The molecule has 1 aliphatic heterocycles. The Bertz CT molecular complexity index is 450. The van der Waals surface area contributed by atoms with Crippen molar-refractivity contribution in [3.05, 3.63) is 35.1 Å². The maximum Gasteiger partial charge on any atom is 0.128 e. The molecule has 1 fully saturated rings. The maximum atomic E-state index is 13.9. The predicted molar refractivity (Wildman–Crippen MR) is 74.6 cm³/mol. The third-order valence-corrected chi connectivity index (χ3v) is 4.22. The third kappa shape index (κ3) is 3.23. The van der Waals surface area contributed by atoms with Crippen molar-refractivity contribution in [1.29, 1.82) is 5.41 Å². The molecule has 2 rings (SSSR count). The van der Waals surface area contributed by atoms with Crippen LogP contribution in [-0.4, -0.2) is 34.8 Å². The van der Waals surface area contributed by atoms with E-state index >= 15 is 0 Å². The molecule has 98 valence electrons. The Morgan fingerprint density at radius 1 is 1.61 bits per heavy atom. The van der Waals surface area contributed by atoms with Gasteiger partial charge in [0.1, 0.15) is 11.7 Å². The van der Waals surface area contributed by atoms with Gasteiger partial charge in [0, 0.05) is 41.8 Å². The number of hydrogen-bond donors (Lipinski definition) is 2. The highest BCUT2D eigenvalue weighted by atomic mass is 32.2. The van der Waals surface area contributed by atoms with Crippen LogP contribution in [0, 0.1) is 11.2 Å². The van der Waals surface area contributed by atoms with Gasteiger partial charge in [-0.1, -0.05) is 19.1 Å². The Morgan fingerprint density at radius 2 is 2.39 bits per heavy atom. The number of thioether (sulfide) groups is 1. The van der Waals surface area contributed by atoms with Crippen LogP contribution in [0.2, 0.25) is 0 Å². The fourth-order valence-electron chi connectivity index (χ4n) is 2.12. The number of nitrogens with two attached hydrogens (primary N) is 1. The zero-order valence-corrected chi connectivity index (χ0v) is 11.3. The molecule has 1 aliphatic rings. The molecule has 1 atom stereocenters. The van der Waals surface area contributed by atoms with Gasteiger partial charge in [-0.05, 0) is 6.07 Å². The van der Waals surface area contributed by atoms with Crippen LogP contribution in [0.3, 0.4) is 0 Å². The maximum absolute atomic E-state index is 13.9. The highest BCUT2D eigenvalue weighted by Crippen LogP contribution is 2.20. The summed E-state index contributed by atoms with van der Waals surface area (Å²) in [6.45, 7) is 4.84. The van der Waals surface area contributed by atoms with Crippen LogP contribution in [-0.2, 0) is 6.54 Å². The monoisotopic (exact) mass is 267 g/mol. The van der Waals surface area contributed by atoms with E-state index in [0.29, 0.717) is 22.9 Å². The average molecular weight is 267 g/mol. The van der Waals surface area contributed by atoms with Crippen LogP contribution >= 0.6 is 11.8 Å². The van der Waals surface area contributed by atoms with Gasteiger partial charge in [0.05, 0.1) is 0 Å². The molecule has 0 spiro atoms. The third-order valence-electron chi connectivity index (χ3n) is 3.08. The second-order valence-electron chi connectivity index (χ2n) is 4.64. The summed E-state index contributed by atoms with van der Waals surface area (Å²) in [6, 6.07) is 4.79. The number of amidine groups is 1. The first-order valence-corrected chi connectivity index (χ1v) is 7.08. The standard InChI is InChI=1S/C13H18FN3S/c1-9-7-17(4-5-18-9)8-11-3-2-10(13(15)16)6-12(11)14/h2-3,6,9H,4-5,7-8H2,1H3,(H3,15,16). The SMILES string of the molecule is CC1CN(Cc2ccc(C(=N)N)cc2F)CCS1. The van der Waals surface area contributed by atoms with Gasteiger partial charge in [-0.15, -0.1) is 0 Å². The molecule has 18 heavy (non-hydrogen) atoms. The molecule has 1 aromatic rings. The van der Waals surface area contributed by atoms with E-state index in [1.165, 1.54) is 6.07 Å². The van der Waals surface area contributed by atoms with Crippen molar-refractivity contribution in [2.75, 3.05) is 18.8 Å². The smallest absolute Gasteiger partial charge is 0.128 e. The summed E-state index contributed by atoms with van der Waals surface area (Å²) in [7, 11) is 0. The summed E-state index contributed by atoms with van der Waals surface area (Å²) in [6.07, 6.45) is 0. The van der Waals surface area contributed by atoms with E-state index in [2.05, 4.69) is 11.8 Å². The molecular weight excluding hydrogens is 249 g/mol. The quantitative estimate of drug-likeness (QED) is 0.651. The second-order valence-corrected chi connectivity index (χ2v) is 6.18. The topological polar surface area (TPSA) is 53.1 Å². The number of nitrogens with one attached hydrogen (secondary N) is 1. The molecule has 5 heteroatoms. The van der Waals surface area contributed by atoms with E-state index < -0.39 is 0 Å². The molecule has 1 heterocycles. The van der Waals surface area contributed by atoms with E-state index in [4.69, 9.17) is 11.1 Å². The van der Waals surface area contributed by atoms with Crippen molar-refractivity contribution in [2.45, 2.75) is 18.7 Å². The summed E-state index contributed by atoms with van der Waals surface area (Å²) in [4.78, 5) is 2.27. The van der Waals surface area contributed by atoms with Gasteiger partial charge in [-0.2, -0.15) is 11.8 Å². The first kappa shape index (κ1) is 13.4. The van der Waals surface area contributed by atoms with E-state index in [0.717, 1.165) is 18.8 Å². The molecule has 0 aliphatic carbocycles. The molecule has 0 bridgehead atoms. The molecule has 1 saturated heterocycles. The van der Waals surface area contributed by atoms with E-state index in [9.17, 15) is 4.39 Å². The van der Waals surface area contributed by atoms with Crippen molar-refractivity contribution in [1.82, 2.24) is 4.90 Å². The summed E-state index contributed by atoms with van der Waals surface area (Å²) >= 11 is 1.96. The zero-order valence-electron chi connectivity index (χ0n) is 10.4. The Labute approximate surface area is 111 Å². The highest BCUT2D eigenvalue weighted by molar-refractivity contribution is 7.99. The highest BCUT2D eigenvalue weighted by Gasteiger charge is 2.18. The number of benzene rings is 1. The number of nitrogens with zero attached hydrogens (tertiary/aromatic N) is 1. The van der Waals surface area contributed by atoms with Crippen LogP contribution in [0.1, 0.15) is 18.1 Å². The van der Waals surface area contributed by atoms with Crippen molar-refractivity contribution in [3.63, 3.8) is 0 Å². The Morgan fingerprint density at radius 3 is 3.00 bits per heavy atom. The first-order chi connectivity index (χ1) is 8.56. The Hall–Kier alpha value is -1.07. The van der Waals surface area contributed by atoms with Crippen LogP contribution in [0.25, 0.3) is 0 Å². The fraction of sp³-hybridized carbons (Fsp3) is 0.462. The lowest BCUT2D eigenvalue weighted by Gasteiger charge is -2.30. The molecule has 3 nitrogen and oxygen atoms in total. The van der Waals surface area contributed by atoms with Crippen molar-refractivity contribution >= 4 is 17.6 Å². The van der Waals surface area contributed by atoms with Crippen LogP contribution in [0.15, 0.2) is 18.2 Å². The molecular formula is C13H18FN3S. The number of hydrogen-bond acceptors (Lipinski definition) is 3. The minimum atomic E-state index is -0.270. The van der Waals surface area contributed by atoms with Crippen molar-refractivity contribution < 1.29 is 4.39 Å². The van der Waals surface area contributed by atoms with Gasteiger partial charge in [0.2, 0.25) is 0 Å². The van der Waals surface area contributed by atoms with E-state index in [1.54, 1.807) is 12.1 Å². The van der Waals surface area contributed by atoms with Crippen LogP contribution < -0.4 is 5.73 Å². The van der Waals surface area contributed by atoms with Crippen molar-refractivity contribution in [3.8, 4) is 0 Å². The summed E-state index contributed by atoms with van der Waals surface area (Å²) in [5, 5.41) is 7.89. The molecule has 0 aromatic heterocycles. The molecule has 3 N–H and O–H groups in total. The molecule has 1 unspecified atom stereocenters. The normalized spacial score (nSPS) is 20.9. The van der Waals surface area contributed by atoms with Gasteiger partial charge in [-0.3, -0.25) is 10.3 Å². The molecule has 0 amide bonds. The lowest BCUT2D eigenvalue weighted by Crippen LogP contribution is -2.36. The minimum Gasteiger partial charge on any atom is -0.384 e. The Balaban J connectivity index is 2.07. The lowest BCUT2D eigenvalue weighted by atomic mass is 10.1. The van der Waals surface area contributed by atoms with Gasteiger partial charge in [0.25, 0.3) is 0 Å². The van der Waals surface area contributed by atoms with Gasteiger partial charge < -0.3 is 5.73 Å². The molecule has 0 saturated carbocycles. The lowest BCUT2D eigenvalue weighted by molar-refractivity contribution is 0.274. The number of halogens is 1. The average Bonchev–Trinajstić information content (AvgIpc) is 2.31.